The first-order valence-electron chi connectivity index (χ1n) is 12.5. The van der Waals surface area contributed by atoms with E-state index in [-0.39, 0.29) is 5.92 Å². The Labute approximate surface area is 213 Å². The average Bonchev–Trinajstić information content (AvgIpc) is 2.84. The van der Waals surface area contributed by atoms with E-state index in [0.29, 0.717) is 34.8 Å². The zero-order valence-corrected chi connectivity index (χ0v) is 22.3. The summed E-state index contributed by atoms with van der Waals surface area (Å²) in [7, 11) is -3.35. The van der Waals surface area contributed by atoms with Crippen molar-refractivity contribution in [3.8, 4) is 5.88 Å². The van der Waals surface area contributed by atoms with Crippen LogP contribution in [0, 0.1) is 5.92 Å². The highest BCUT2D eigenvalue weighted by molar-refractivity contribution is 7.66. The number of hydrogen-bond acceptors (Lipinski definition) is 6. The lowest BCUT2D eigenvalue weighted by Gasteiger charge is -2.32. The molecule has 1 aromatic heterocycles. The van der Waals surface area contributed by atoms with E-state index in [1.807, 2.05) is 32.0 Å². The third kappa shape index (κ3) is 5.69. The first-order valence-corrected chi connectivity index (χ1v) is 14.3. The van der Waals surface area contributed by atoms with E-state index in [1.54, 1.807) is 12.1 Å². The Bertz CT molecular complexity index is 1280. The van der Waals surface area contributed by atoms with Crippen molar-refractivity contribution in [3.63, 3.8) is 0 Å². The molecule has 4 rings (SSSR count). The van der Waals surface area contributed by atoms with Crippen molar-refractivity contribution in [2.45, 2.75) is 58.5 Å². The predicted molar refractivity (Wildman–Crippen MR) is 146 cm³/mol. The zero-order valence-electron chi connectivity index (χ0n) is 21.4. The van der Waals surface area contributed by atoms with Gasteiger partial charge in [0.2, 0.25) is 13.2 Å². The zero-order chi connectivity index (χ0) is 25.9. The summed E-state index contributed by atoms with van der Waals surface area (Å²) in [5.41, 5.74) is 8.81. The van der Waals surface area contributed by atoms with Gasteiger partial charge in [-0.2, -0.15) is 4.98 Å². The Morgan fingerprint density at radius 2 is 1.75 bits per heavy atom. The van der Waals surface area contributed by atoms with E-state index < -0.39 is 13.0 Å². The number of benzene rings is 2. The van der Waals surface area contributed by atoms with Gasteiger partial charge < -0.3 is 15.4 Å². The van der Waals surface area contributed by atoms with Gasteiger partial charge in [-0.1, -0.05) is 56.3 Å². The van der Waals surface area contributed by atoms with Gasteiger partial charge in [0.25, 0.3) is 0 Å². The van der Waals surface area contributed by atoms with Crippen molar-refractivity contribution in [3.05, 3.63) is 72.1 Å². The number of anilines is 1. The van der Waals surface area contributed by atoms with E-state index in [2.05, 4.69) is 48.1 Å². The molecule has 0 bridgehead atoms. The molecule has 0 saturated heterocycles. The minimum atomic E-state index is -3.35. The molecule has 0 amide bonds. The van der Waals surface area contributed by atoms with Crippen LogP contribution in [0.4, 0.5) is 11.5 Å². The van der Waals surface area contributed by atoms with Gasteiger partial charge in [0.1, 0.15) is 11.9 Å². The van der Waals surface area contributed by atoms with Crippen LogP contribution < -0.4 is 15.8 Å². The highest BCUT2D eigenvalue weighted by atomic mass is 31.2. The average molecular weight is 507 g/mol. The number of ether oxygens (including phenoxy) is 1. The first kappa shape index (κ1) is 26.1. The number of nitrogens with two attached hydrogens (primary N) is 1. The molecule has 1 aliphatic rings. The minimum absolute atomic E-state index is 0.150. The van der Waals surface area contributed by atoms with Crippen molar-refractivity contribution in [1.82, 2.24) is 9.97 Å². The van der Waals surface area contributed by atoms with Crippen LogP contribution >= 0.6 is 7.37 Å². The molecule has 2 aromatic carbocycles. The quantitative estimate of drug-likeness (QED) is 0.352. The van der Waals surface area contributed by atoms with Crippen LogP contribution in [-0.4, -0.2) is 32.3 Å². The van der Waals surface area contributed by atoms with Crippen molar-refractivity contribution >= 4 is 29.9 Å². The number of rotatable bonds is 9. The molecule has 3 atom stereocenters. The monoisotopic (exact) mass is 506 g/mol. The lowest BCUT2D eigenvalue weighted by atomic mass is 9.87. The van der Waals surface area contributed by atoms with Gasteiger partial charge in [-0.25, -0.2) is 9.98 Å². The van der Waals surface area contributed by atoms with Gasteiger partial charge in [-0.3, -0.25) is 4.57 Å². The van der Waals surface area contributed by atoms with Gasteiger partial charge in [0, 0.05) is 17.0 Å². The fourth-order valence-corrected chi connectivity index (χ4v) is 6.67. The van der Waals surface area contributed by atoms with Crippen LogP contribution in [0.1, 0.15) is 64.0 Å². The number of aliphatic imine (C=N–C) groups is 1. The minimum Gasteiger partial charge on any atom is -0.463 e. The Morgan fingerprint density at radius 1 is 1.06 bits per heavy atom. The number of hydrogen-bond donors (Lipinski definition) is 2. The van der Waals surface area contributed by atoms with Crippen LogP contribution in [0.5, 0.6) is 5.88 Å². The molecule has 2 heterocycles. The molecule has 0 radical (unpaired) electrons. The van der Waals surface area contributed by atoms with Crippen LogP contribution in [-0.2, 0) is 4.57 Å². The Kier molecular flexibility index (Phi) is 7.62. The van der Waals surface area contributed by atoms with Gasteiger partial charge in [0.05, 0.1) is 5.71 Å². The second-order valence-corrected chi connectivity index (χ2v) is 12.4. The Balaban J connectivity index is 1.45. The summed E-state index contributed by atoms with van der Waals surface area (Å²) in [4.78, 5) is 23.6. The molecule has 0 saturated carbocycles. The SMILES string of the molecule is CC[C@H](CC[C@@H](C)CP(=O)(O)c1ccccc1)c1ccc(C2=Nc3c(N)ncnc3OC2(C)C)cc1. The second kappa shape index (κ2) is 10.5. The summed E-state index contributed by atoms with van der Waals surface area (Å²) < 4.78 is 19.0. The predicted octanol–water partition coefficient (Wildman–Crippen LogP) is 5.86. The molecule has 3 aromatic rings. The Morgan fingerprint density at radius 3 is 2.42 bits per heavy atom. The third-order valence-electron chi connectivity index (χ3n) is 6.84. The number of nitrogens with zero attached hydrogens (tertiary/aromatic N) is 3. The molecule has 36 heavy (non-hydrogen) atoms. The molecule has 1 aliphatic heterocycles. The lowest BCUT2D eigenvalue weighted by Crippen LogP contribution is -2.41. The smallest absolute Gasteiger partial charge is 0.246 e. The largest absolute Gasteiger partial charge is 0.463 e. The number of nitrogen functional groups attached to an aromatic ring is 1. The highest BCUT2D eigenvalue weighted by Gasteiger charge is 2.35. The van der Waals surface area contributed by atoms with Crippen molar-refractivity contribution in [2.75, 3.05) is 11.9 Å². The van der Waals surface area contributed by atoms with Crippen LogP contribution in [0.25, 0.3) is 0 Å². The highest BCUT2D eigenvalue weighted by Crippen LogP contribution is 2.43. The molecule has 1 unspecified atom stereocenters. The third-order valence-corrected chi connectivity index (χ3v) is 9.06. The first-order chi connectivity index (χ1) is 17.1. The van der Waals surface area contributed by atoms with Gasteiger partial charge >= 0.3 is 0 Å². The second-order valence-electron chi connectivity index (χ2n) is 10.1. The van der Waals surface area contributed by atoms with Crippen LogP contribution in [0.2, 0.25) is 0 Å². The molecular weight excluding hydrogens is 471 g/mol. The summed E-state index contributed by atoms with van der Waals surface area (Å²) in [6.07, 6.45) is 4.53. The maximum atomic E-state index is 12.9. The van der Waals surface area contributed by atoms with Gasteiger partial charge in [0.15, 0.2) is 11.5 Å². The summed E-state index contributed by atoms with van der Waals surface area (Å²) in [5.74, 6) is 1.22. The van der Waals surface area contributed by atoms with Gasteiger partial charge in [-0.15, -0.1) is 0 Å². The fraction of sp³-hybridized carbons (Fsp3) is 0.393. The van der Waals surface area contributed by atoms with E-state index >= 15 is 0 Å². The van der Waals surface area contributed by atoms with Crippen molar-refractivity contribution in [2.24, 2.45) is 10.9 Å². The van der Waals surface area contributed by atoms with E-state index in [4.69, 9.17) is 15.5 Å². The van der Waals surface area contributed by atoms with E-state index in [9.17, 15) is 9.46 Å². The molecule has 0 aliphatic carbocycles. The molecule has 8 heteroatoms. The fourth-order valence-electron chi connectivity index (χ4n) is 4.79. The molecule has 7 nitrogen and oxygen atoms in total. The molecule has 0 spiro atoms. The molecular formula is C28H35N4O3P. The maximum Gasteiger partial charge on any atom is 0.246 e. The van der Waals surface area contributed by atoms with Crippen molar-refractivity contribution in [1.29, 1.82) is 0 Å². The maximum absolute atomic E-state index is 12.9. The van der Waals surface area contributed by atoms with Crippen LogP contribution in [0.3, 0.4) is 0 Å². The summed E-state index contributed by atoms with van der Waals surface area (Å²) >= 11 is 0. The standard InChI is InChI=1S/C28H35N4O3P/c1-5-20(12-11-19(2)17-36(33,34)23-9-7-6-8-10-23)21-13-15-22(16-14-21)25-28(3,4)35-27-24(32-25)26(29)30-18-31-27/h6-10,13-16,18-20H,5,11-12,17H2,1-4H3,(H,33,34)(H2,29,30,31)/t19-,20-/m1/s1. The molecule has 3 N–H and O–H groups in total. The number of fused-ring (bicyclic) bond motifs is 1. The lowest BCUT2D eigenvalue weighted by molar-refractivity contribution is 0.171. The summed E-state index contributed by atoms with van der Waals surface area (Å²) in [5, 5.41) is 0.535. The number of aromatic nitrogens is 2. The topological polar surface area (TPSA) is 111 Å². The Hall–Kier alpha value is -3.02. The molecule has 190 valence electrons. The van der Waals surface area contributed by atoms with Crippen molar-refractivity contribution < 1.29 is 14.2 Å². The summed E-state index contributed by atoms with van der Waals surface area (Å²) in [6.45, 7) is 8.18. The summed E-state index contributed by atoms with van der Waals surface area (Å²) in [6, 6.07) is 17.4. The van der Waals surface area contributed by atoms with Gasteiger partial charge in [-0.05, 0) is 62.6 Å². The van der Waals surface area contributed by atoms with Crippen LogP contribution in [0.15, 0.2) is 65.9 Å². The normalized spacial score (nSPS) is 17.8. The molecule has 0 fully saturated rings. The van der Waals surface area contributed by atoms with E-state index in [1.165, 1.54) is 11.9 Å². The van der Waals surface area contributed by atoms with E-state index in [0.717, 1.165) is 30.5 Å².